The summed E-state index contributed by atoms with van der Waals surface area (Å²) in [6.07, 6.45) is 6.17. The van der Waals surface area contributed by atoms with Crippen molar-refractivity contribution >= 4 is 11.9 Å². The van der Waals surface area contributed by atoms with Crippen LogP contribution in [0.2, 0.25) is 0 Å². The van der Waals surface area contributed by atoms with Crippen LogP contribution in [0, 0.1) is 0 Å². The molecule has 2 rings (SSSR count). The molecular weight excluding hydrogens is 560 g/mol. The van der Waals surface area contributed by atoms with Crippen molar-refractivity contribution in [3.63, 3.8) is 0 Å². The Labute approximate surface area is 241 Å². The van der Waals surface area contributed by atoms with Crippen molar-refractivity contribution < 1.29 is 69.4 Å². The van der Waals surface area contributed by atoms with E-state index in [1.165, 1.54) is 24.3 Å². The lowest BCUT2D eigenvalue weighted by molar-refractivity contribution is -0.291. The minimum Gasteiger partial charge on any atom is -0.430 e. The average Bonchev–Trinajstić information content (AvgIpc) is 2.97. The van der Waals surface area contributed by atoms with Gasteiger partial charge in [0, 0.05) is 12.2 Å². The molecule has 2 saturated heterocycles. The fourth-order valence-electron chi connectivity index (χ4n) is 3.55. The van der Waals surface area contributed by atoms with Crippen LogP contribution >= 0.6 is 0 Å². The van der Waals surface area contributed by atoms with E-state index in [-0.39, 0.29) is 0 Å². The molecule has 10 atom stereocenters. The van der Waals surface area contributed by atoms with E-state index < -0.39 is 86.6 Å². The summed E-state index contributed by atoms with van der Waals surface area (Å²) < 4.78 is 20.0. The van der Waals surface area contributed by atoms with Gasteiger partial charge in [-0.1, -0.05) is 72.9 Å². The van der Waals surface area contributed by atoms with Gasteiger partial charge >= 0.3 is 11.9 Å². The molecule has 2 heterocycles. The van der Waals surface area contributed by atoms with E-state index in [4.69, 9.17) is 29.2 Å². The molecule has 0 amide bonds. The van der Waals surface area contributed by atoms with Gasteiger partial charge in [-0.15, -0.1) is 0 Å². The second-order valence-electron chi connectivity index (χ2n) is 8.91. The number of rotatable bonds is 12. The summed E-state index contributed by atoms with van der Waals surface area (Å²) in [6, 6.07) is 0. The van der Waals surface area contributed by atoms with Crippen LogP contribution in [0.4, 0.5) is 0 Å². The molecule has 232 valence electrons. The molecule has 14 heteroatoms. The summed E-state index contributed by atoms with van der Waals surface area (Å²) in [5, 5.41) is 76.8. The number of ether oxygens (including phenoxy) is 4. The first-order valence-corrected chi connectivity index (χ1v) is 12.8. The third kappa shape index (κ3) is 10.8. The minimum atomic E-state index is -1.68. The molecule has 0 bridgehead atoms. The smallest absolute Gasteiger partial charge is 0.333 e. The Morgan fingerprint density at radius 1 is 0.476 bits per heavy atom. The lowest BCUT2D eigenvalue weighted by Gasteiger charge is -2.38. The second-order valence-corrected chi connectivity index (χ2v) is 8.91. The number of aliphatic hydroxyl groups excluding tert-OH is 8. The summed E-state index contributed by atoms with van der Waals surface area (Å²) in [5.74, 6) is -1.74. The lowest BCUT2D eigenvalue weighted by Crippen LogP contribution is -2.59. The van der Waals surface area contributed by atoms with E-state index in [1.807, 2.05) is 0 Å². The van der Waals surface area contributed by atoms with E-state index >= 15 is 0 Å². The van der Waals surface area contributed by atoms with E-state index in [9.17, 15) is 40.2 Å². The molecule has 0 radical (unpaired) electrons. The summed E-state index contributed by atoms with van der Waals surface area (Å²) in [6.45, 7) is -1.28. The first-order valence-electron chi connectivity index (χ1n) is 12.8. The van der Waals surface area contributed by atoms with Crippen molar-refractivity contribution in [2.24, 2.45) is 0 Å². The van der Waals surface area contributed by atoms with Gasteiger partial charge in [-0.05, 0) is 0 Å². The third-order valence-corrected chi connectivity index (χ3v) is 5.85. The summed E-state index contributed by atoms with van der Waals surface area (Å²) in [5.41, 5.74) is 0. The Morgan fingerprint density at radius 2 is 0.762 bits per heavy atom. The van der Waals surface area contributed by atoms with Gasteiger partial charge in [0.2, 0.25) is 12.6 Å². The number of esters is 2. The monoisotopic (exact) mass is 596 g/mol. The normalized spacial score (nSPS) is 34.7. The predicted molar refractivity (Wildman–Crippen MR) is 144 cm³/mol. The van der Waals surface area contributed by atoms with E-state index in [0.29, 0.717) is 0 Å². The Bertz CT molecular complexity index is 975. The predicted octanol–water partition coefficient (Wildman–Crippen LogP) is -2.43. The molecule has 2 aliphatic heterocycles. The van der Waals surface area contributed by atoms with Crippen molar-refractivity contribution in [1.29, 1.82) is 0 Å². The largest absolute Gasteiger partial charge is 0.430 e. The highest BCUT2D eigenvalue weighted by Crippen LogP contribution is 2.23. The summed E-state index contributed by atoms with van der Waals surface area (Å²) in [4.78, 5) is 23.7. The van der Waals surface area contributed by atoms with E-state index in [1.54, 1.807) is 48.6 Å². The maximum absolute atomic E-state index is 11.9. The highest BCUT2D eigenvalue weighted by Gasteiger charge is 2.46. The standard InChI is InChI=1S/C28H36O14/c29-15-17-21(33)23(35)25(37)27(39-17)41-19(31)13-11-9-7-5-3-1-2-4-6-8-10-12-14-20(32)42-28-26(38)24(36)22(34)18(16-30)40-28/h1-14,17-18,21-30,33-38H,15-16H2/b2-1+,5-3+,6-4+,9-7+,10-8+,13-11+,14-12+/t17-,18-,21-,22-,23+,24+,25-,26-,27+,28+/m1/s1. The fraction of sp³-hybridized carbons (Fsp3) is 0.429. The number of carbonyl (C=O) groups excluding carboxylic acids is 2. The SMILES string of the molecule is O=C(/C=C/C=C/C=C/C=C/C=C/C=C/C=C/C(=O)O[C@@H]1O[C@H](CO)[C@@H](O)[C@H](O)[C@H]1O)O[C@@H]1O[C@H](CO)[C@@H](O)[C@H](O)[C@H]1O. The lowest BCUT2D eigenvalue weighted by atomic mass is 9.99. The van der Waals surface area contributed by atoms with Crippen LogP contribution < -0.4 is 0 Å². The number of hydrogen-bond acceptors (Lipinski definition) is 14. The first-order chi connectivity index (χ1) is 20.1. The average molecular weight is 597 g/mol. The molecule has 14 nitrogen and oxygen atoms in total. The highest BCUT2D eigenvalue weighted by atomic mass is 16.7. The highest BCUT2D eigenvalue weighted by molar-refractivity contribution is 5.82. The molecule has 0 aromatic heterocycles. The number of hydrogen-bond donors (Lipinski definition) is 8. The fourth-order valence-corrected chi connectivity index (χ4v) is 3.55. The van der Waals surface area contributed by atoms with Gasteiger partial charge in [0.25, 0.3) is 0 Å². The van der Waals surface area contributed by atoms with Gasteiger partial charge in [-0.3, -0.25) is 0 Å². The van der Waals surface area contributed by atoms with Crippen LogP contribution in [0.1, 0.15) is 0 Å². The summed E-state index contributed by atoms with van der Waals surface area (Å²) in [7, 11) is 0. The van der Waals surface area contributed by atoms with E-state index in [2.05, 4.69) is 0 Å². The molecule has 2 fully saturated rings. The van der Waals surface area contributed by atoms with Crippen LogP contribution in [0.3, 0.4) is 0 Å². The molecule has 8 N–H and O–H groups in total. The molecule has 0 aliphatic carbocycles. The minimum absolute atomic E-state index is 0.639. The maximum Gasteiger partial charge on any atom is 0.333 e. The third-order valence-electron chi connectivity index (χ3n) is 5.85. The van der Waals surface area contributed by atoms with Crippen molar-refractivity contribution in [3.8, 4) is 0 Å². The molecule has 42 heavy (non-hydrogen) atoms. The number of allylic oxidation sites excluding steroid dienone is 12. The van der Waals surface area contributed by atoms with Crippen LogP contribution in [-0.4, -0.2) is 127 Å². The number of carbonyl (C=O) groups is 2. The van der Waals surface area contributed by atoms with Gasteiger partial charge in [0.05, 0.1) is 13.2 Å². The van der Waals surface area contributed by atoms with Gasteiger partial charge in [0.15, 0.2) is 0 Å². The van der Waals surface area contributed by atoms with Crippen molar-refractivity contribution in [2.45, 2.75) is 61.4 Å². The first kappa shape index (κ1) is 34.9. The Hall–Kier alpha value is -3.28. The second kappa shape index (κ2) is 18.3. The van der Waals surface area contributed by atoms with Crippen molar-refractivity contribution in [1.82, 2.24) is 0 Å². The van der Waals surface area contributed by atoms with Crippen LogP contribution in [0.15, 0.2) is 85.1 Å². The maximum atomic E-state index is 11.9. The molecule has 0 aromatic rings. The molecule has 0 unspecified atom stereocenters. The topological polar surface area (TPSA) is 233 Å². The summed E-state index contributed by atoms with van der Waals surface area (Å²) >= 11 is 0. The van der Waals surface area contributed by atoms with Crippen molar-refractivity contribution in [2.75, 3.05) is 13.2 Å². The van der Waals surface area contributed by atoms with E-state index in [0.717, 1.165) is 12.2 Å². The van der Waals surface area contributed by atoms with Crippen molar-refractivity contribution in [3.05, 3.63) is 85.1 Å². The molecule has 0 saturated carbocycles. The zero-order valence-electron chi connectivity index (χ0n) is 22.3. The van der Waals surface area contributed by atoms with Crippen LogP contribution in [-0.2, 0) is 28.5 Å². The van der Waals surface area contributed by atoms with Gasteiger partial charge in [0.1, 0.15) is 48.8 Å². The van der Waals surface area contributed by atoms with Gasteiger partial charge in [-0.25, -0.2) is 9.59 Å². The van der Waals surface area contributed by atoms with Gasteiger partial charge in [-0.2, -0.15) is 0 Å². The Kier molecular flexibility index (Phi) is 15.2. The zero-order valence-corrected chi connectivity index (χ0v) is 22.3. The zero-order chi connectivity index (χ0) is 31.1. The molecule has 0 spiro atoms. The Balaban J connectivity index is 1.66. The van der Waals surface area contributed by atoms with Crippen LogP contribution in [0.25, 0.3) is 0 Å². The Morgan fingerprint density at radius 3 is 1.05 bits per heavy atom. The number of aliphatic hydroxyl groups is 8. The molecular formula is C28H36O14. The molecule has 2 aliphatic rings. The quantitative estimate of drug-likeness (QED) is 0.0665. The van der Waals surface area contributed by atoms with Crippen LogP contribution in [0.5, 0.6) is 0 Å². The van der Waals surface area contributed by atoms with Gasteiger partial charge < -0.3 is 59.8 Å². The molecule has 0 aromatic carbocycles.